The summed E-state index contributed by atoms with van der Waals surface area (Å²) in [4.78, 5) is 0. The van der Waals surface area contributed by atoms with E-state index in [2.05, 4.69) is 0 Å². The second kappa shape index (κ2) is 3.92. The van der Waals surface area contributed by atoms with Gasteiger partial charge in [-0.05, 0) is 31.5 Å². The van der Waals surface area contributed by atoms with Crippen molar-refractivity contribution in [1.82, 2.24) is 0 Å². The lowest BCUT2D eigenvalue weighted by atomic mass is 9.96. The fourth-order valence-corrected chi connectivity index (χ4v) is 0.907. The van der Waals surface area contributed by atoms with Gasteiger partial charge in [-0.15, -0.1) is 17.0 Å². The number of phenols is 1. The molecule has 3 heteroatoms. The second-order valence-corrected chi connectivity index (χ2v) is 3.27. The molecular formula is C9H14BrNO. The molecule has 1 rings (SSSR count). The first kappa shape index (κ1) is 11.5. The van der Waals surface area contributed by atoms with Crippen LogP contribution in [-0.4, -0.2) is 5.11 Å². The van der Waals surface area contributed by atoms with E-state index in [-0.39, 0.29) is 28.3 Å². The van der Waals surface area contributed by atoms with Crippen molar-refractivity contribution in [2.75, 3.05) is 0 Å². The predicted molar refractivity (Wildman–Crippen MR) is 55.6 cm³/mol. The molecule has 0 atom stereocenters. The lowest BCUT2D eigenvalue weighted by Crippen LogP contribution is -2.28. The first-order chi connectivity index (χ1) is 5.00. The van der Waals surface area contributed by atoms with Crippen molar-refractivity contribution in [3.05, 3.63) is 29.8 Å². The van der Waals surface area contributed by atoms with E-state index in [0.717, 1.165) is 5.56 Å². The third-order valence-electron chi connectivity index (χ3n) is 1.59. The van der Waals surface area contributed by atoms with Crippen LogP contribution in [0.5, 0.6) is 5.75 Å². The summed E-state index contributed by atoms with van der Waals surface area (Å²) in [6.07, 6.45) is 0. The van der Waals surface area contributed by atoms with E-state index in [1.165, 1.54) is 0 Å². The van der Waals surface area contributed by atoms with Crippen LogP contribution in [0, 0.1) is 0 Å². The normalized spacial score (nSPS) is 10.6. The number of nitrogens with two attached hydrogens (primary N) is 1. The highest BCUT2D eigenvalue weighted by Crippen LogP contribution is 2.20. The highest BCUT2D eigenvalue weighted by molar-refractivity contribution is 8.93. The molecule has 0 aromatic heterocycles. The van der Waals surface area contributed by atoms with Crippen LogP contribution in [0.4, 0.5) is 0 Å². The summed E-state index contributed by atoms with van der Waals surface area (Å²) < 4.78 is 0. The molecule has 0 aliphatic carbocycles. The molecule has 0 radical (unpaired) electrons. The zero-order valence-corrected chi connectivity index (χ0v) is 8.96. The van der Waals surface area contributed by atoms with Crippen molar-refractivity contribution in [3.8, 4) is 5.75 Å². The Morgan fingerprint density at radius 3 is 2.25 bits per heavy atom. The molecule has 0 saturated heterocycles. The van der Waals surface area contributed by atoms with Gasteiger partial charge < -0.3 is 10.8 Å². The van der Waals surface area contributed by atoms with Gasteiger partial charge in [-0.2, -0.15) is 0 Å². The minimum absolute atomic E-state index is 0. The van der Waals surface area contributed by atoms with E-state index >= 15 is 0 Å². The zero-order valence-electron chi connectivity index (χ0n) is 7.24. The van der Waals surface area contributed by atoms with Crippen LogP contribution in [0.3, 0.4) is 0 Å². The van der Waals surface area contributed by atoms with Crippen LogP contribution >= 0.6 is 17.0 Å². The van der Waals surface area contributed by atoms with Crippen molar-refractivity contribution in [1.29, 1.82) is 0 Å². The average molecular weight is 232 g/mol. The molecule has 0 fully saturated rings. The fraction of sp³-hybridized carbons (Fsp3) is 0.333. The summed E-state index contributed by atoms with van der Waals surface area (Å²) in [7, 11) is 0. The summed E-state index contributed by atoms with van der Waals surface area (Å²) in [6, 6.07) is 7.01. The average Bonchev–Trinajstić information content (AvgIpc) is 1.86. The number of halogens is 1. The summed E-state index contributed by atoms with van der Waals surface area (Å²) in [6.45, 7) is 3.81. The Bertz CT molecular complexity index is 255. The quantitative estimate of drug-likeness (QED) is 0.779. The van der Waals surface area contributed by atoms with Gasteiger partial charge in [0.1, 0.15) is 5.75 Å². The fourth-order valence-electron chi connectivity index (χ4n) is 0.907. The van der Waals surface area contributed by atoms with Crippen LogP contribution in [0.1, 0.15) is 19.4 Å². The number of benzene rings is 1. The molecular weight excluding hydrogens is 218 g/mol. The Hall–Kier alpha value is -0.540. The SMILES string of the molecule is Br.CC(C)(N)c1cccc(O)c1. The lowest BCUT2D eigenvalue weighted by Gasteiger charge is -2.18. The van der Waals surface area contributed by atoms with Gasteiger partial charge in [0.2, 0.25) is 0 Å². The number of phenolic OH excluding ortho intramolecular Hbond substituents is 1. The summed E-state index contributed by atoms with van der Waals surface area (Å²) >= 11 is 0. The summed E-state index contributed by atoms with van der Waals surface area (Å²) in [5.74, 6) is 0.265. The Labute approximate surface area is 83.2 Å². The van der Waals surface area contributed by atoms with Gasteiger partial charge in [0.15, 0.2) is 0 Å². The molecule has 0 heterocycles. The van der Waals surface area contributed by atoms with Crippen LogP contribution < -0.4 is 5.73 Å². The lowest BCUT2D eigenvalue weighted by molar-refractivity contribution is 0.469. The second-order valence-electron chi connectivity index (χ2n) is 3.27. The summed E-state index contributed by atoms with van der Waals surface area (Å²) in [5.41, 5.74) is 6.38. The van der Waals surface area contributed by atoms with Gasteiger partial charge in [-0.1, -0.05) is 12.1 Å². The summed E-state index contributed by atoms with van der Waals surface area (Å²) in [5, 5.41) is 9.12. The van der Waals surface area contributed by atoms with Crippen LogP contribution in [0.2, 0.25) is 0 Å². The van der Waals surface area contributed by atoms with Gasteiger partial charge >= 0.3 is 0 Å². The van der Waals surface area contributed by atoms with E-state index in [1.54, 1.807) is 18.2 Å². The number of rotatable bonds is 1. The maximum Gasteiger partial charge on any atom is 0.115 e. The van der Waals surface area contributed by atoms with Crippen molar-refractivity contribution >= 4 is 17.0 Å². The van der Waals surface area contributed by atoms with Gasteiger partial charge in [0, 0.05) is 5.54 Å². The van der Waals surface area contributed by atoms with Crippen LogP contribution in [-0.2, 0) is 5.54 Å². The number of hydrogen-bond acceptors (Lipinski definition) is 2. The Balaban J connectivity index is 0.00000121. The standard InChI is InChI=1S/C9H13NO.BrH/c1-9(2,10)7-4-3-5-8(11)6-7;/h3-6,11H,10H2,1-2H3;1H. The molecule has 2 nitrogen and oxygen atoms in total. The molecule has 12 heavy (non-hydrogen) atoms. The van der Waals surface area contributed by atoms with E-state index in [9.17, 15) is 0 Å². The van der Waals surface area contributed by atoms with Crippen molar-refractivity contribution in [2.24, 2.45) is 5.73 Å². The first-order valence-corrected chi connectivity index (χ1v) is 3.58. The van der Waals surface area contributed by atoms with E-state index in [0.29, 0.717) is 0 Å². The third-order valence-corrected chi connectivity index (χ3v) is 1.59. The van der Waals surface area contributed by atoms with Crippen molar-refractivity contribution < 1.29 is 5.11 Å². The molecule has 0 unspecified atom stereocenters. The Kier molecular flexibility index (Phi) is 3.74. The molecule has 0 spiro atoms. The van der Waals surface area contributed by atoms with Crippen LogP contribution in [0.15, 0.2) is 24.3 Å². The van der Waals surface area contributed by atoms with E-state index in [1.807, 2.05) is 19.9 Å². The first-order valence-electron chi connectivity index (χ1n) is 3.58. The molecule has 0 bridgehead atoms. The minimum atomic E-state index is -0.376. The predicted octanol–water partition coefficient (Wildman–Crippen LogP) is 2.16. The van der Waals surface area contributed by atoms with Crippen molar-refractivity contribution in [2.45, 2.75) is 19.4 Å². The topological polar surface area (TPSA) is 46.2 Å². The molecule has 0 aliphatic rings. The maximum absolute atomic E-state index is 9.12. The van der Waals surface area contributed by atoms with E-state index in [4.69, 9.17) is 10.8 Å². The van der Waals surface area contributed by atoms with Gasteiger partial charge in [0.25, 0.3) is 0 Å². The zero-order chi connectivity index (χ0) is 8.48. The highest BCUT2D eigenvalue weighted by Gasteiger charge is 2.13. The number of hydrogen-bond donors (Lipinski definition) is 2. The minimum Gasteiger partial charge on any atom is -0.508 e. The smallest absolute Gasteiger partial charge is 0.115 e. The third kappa shape index (κ3) is 2.83. The van der Waals surface area contributed by atoms with Gasteiger partial charge in [-0.25, -0.2) is 0 Å². The number of aromatic hydroxyl groups is 1. The largest absolute Gasteiger partial charge is 0.508 e. The van der Waals surface area contributed by atoms with Gasteiger partial charge in [-0.3, -0.25) is 0 Å². The maximum atomic E-state index is 9.12. The van der Waals surface area contributed by atoms with Gasteiger partial charge in [0.05, 0.1) is 0 Å². The van der Waals surface area contributed by atoms with E-state index < -0.39 is 0 Å². The molecule has 0 aliphatic heterocycles. The molecule has 1 aromatic carbocycles. The Morgan fingerprint density at radius 1 is 1.33 bits per heavy atom. The van der Waals surface area contributed by atoms with Crippen LogP contribution in [0.25, 0.3) is 0 Å². The highest BCUT2D eigenvalue weighted by atomic mass is 79.9. The molecule has 3 N–H and O–H groups in total. The Morgan fingerprint density at radius 2 is 1.92 bits per heavy atom. The molecule has 68 valence electrons. The van der Waals surface area contributed by atoms with Crippen molar-refractivity contribution in [3.63, 3.8) is 0 Å². The molecule has 1 aromatic rings. The molecule has 0 saturated carbocycles. The monoisotopic (exact) mass is 231 g/mol. The molecule has 0 amide bonds.